The standard InChI is InChI=1S/C17H15FO2/c1-10-3-4-11(2)14(7-10)17-9-15(19)13-6-5-12(18)8-16(13)20-17/h3-8,17H,9H2,1-2H3. The summed E-state index contributed by atoms with van der Waals surface area (Å²) in [6, 6.07) is 10.1. The van der Waals surface area contributed by atoms with E-state index in [0.717, 1.165) is 16.7 Å². The molecule has 0 amide bonds. The van der Waals surface area contributed by atoms with Gasteiger partial charge in [-0.05, 0) is 37.1 Å². The third-order valence-electron chi connectivity index (χ3n) is 3.67. The summed E-state index contributed by atoms with van der Waals surface area (Å²) in [6.45, 7) is 3.99. The van der Waals surface area contributed by atoms with E-state index in [2.05, 4.69) is 0 Å². The lowest BCUT2D eigenvalue weighted by molar-refractivity contribution is 0.0848. The molecule has 0 saturated carbocycles. The second kappa shape index (κ2) is 4.75. The number of rotatable bonds is 1. The van der Waals surface area contributed by atoms with Crippen LogP contribution in [0.25, 0.3) is 0 Å². The molecule has 1 unspecified atom stereocenters. The summed E-state index contributed by atoms with van der Waals surface area (Å²) in [4.78, 5) is 12.2. The van der Waals surface area contributed by atoms with Gasteiger partial charge in [-0.3, -0.25) is 4.79 Å². The maximum absolute atomic E-state index is 13.3. The number of carbonyl (C=O) groups is 1. The average Bonchev–Trinajstić information content (AvgIpc) is 2.41. The second-order valence-corrected chi connectivity index (χ2v) is 5.23. The van der Waals surface area contributed by atoms with Crippen LogP contribution in [0.15, 0.2) is 36.4 Å². The highest BCUT2D eigenvalue weighted by atomic mass is 19.1. The van der Waals surface area contributed by atoms with E-state index < -0.39 is 5.82 Å². The van der Waals surface area contributed by atoms with Gasteiger partial charge in [0.15, 0.2) is 5.78 Å². The van der Waals surface area contributed by atoms with E-state index in [1.165, 1.54) is 18.2 Å². The Morgan fingerprint density at radius 2 is 1.95 bits per heavy atom. The van der Waals surface area contributed by atoms with E-state index in [1.807, 2.05) is 32.0 Å². The van der Waals surface area contributed by atoms with Gasteiger partial charge in [0.25, 0.3) is 0 Å². The van der Waals surface area contributed by atoms with Crippen LogP contribution < -0.4 is 4.74 Å². The van der Waals surface area contributed by atoms with Gasteiger partial charge in [0.1, 0.15) is 17.7 Å². The molecule has 1 aliphatic heterocycles. The van der Waals surface area contributed by atoms with Gasteiger partial charge in [-0.15, -0.1) is 0 Å². The summed E-state index contributed by atoms with van der Waals surface area (Å²) >= 11 is 0. The molecule has 1 aliphatic rings. The summed E-state index contributed by atoms with van der Waals surface area (Å²) < 4.78 is 19.1. The largest absolute Gasteiger partial charge is 0.484 e. The number of fused-ring (bicyclic) bond motifs is 1. The molecule has 20 heavy (non-hydrogen) atoms. The van der Waals surface area contributed by atoms with Crippen LogP contribution in [0, 0.1) is 19.7 Å². The third-order valence-corrected chi connectivity index (χ3v) is 3.67. The quantitative estimate of drug-likeness (QED) is 0.778. The lowest BCUT2D eigenvalue weighted by atomic mass is 9.93. The molecule has 0 spiro atoms. The van der Waals surface area contributed by atoms with Crippen LogP contribution in [0.2, 0.25) is 0 Å². The van der Waals surface area contributed by atoms with Gasteiger partial charge in [-0.1, -0.05) is 23.8 Å². The van der Waals surface area contributed by atoms with Crippen molar-refractivity contribution < 1.29 is 13.9 Å². The van der Waals surface area contributed by atoms with Crippen LogP contribution in [0.5, 0.6) is 5.75 Å². The molecule has 0 saturated heterocycles. The number of benzene rings is 2. The number of ether oxygens (including phenoxy) is 1. The topological polar surface area (TPSA) is 26.3 Å². The number of hydrogen-bond acceptors (Lipinski definition) is 2. The first-order valence-corrected chi connectivity index (χ1v) is 6.61. The Morgan fingerprint density at radius 1 is 1.15 bits per heavy atom. The van der Waals surface area contributed by atoms with Crippen molar-refractivity contribution in [2.45, 2.75) is 26.4 Å². The van der Waals surface area contributed by atoms with Gasteiger partial charge in [0.2, 0.25) is 0 Å². The Morgan fingerprint density at radius 3 is 2.75 bits per heavy atom. The average molecular weight is 270 g/mol. The van der Waals surface area contributed by atoms with Crippen molar-refractivity contribution >= 4 is 5.78 Å². The summed E-state index contributed by atoms with van der Waals surface area (Å²) in [5.74, 6) is -0.0533. The van der Waals surface area contributed by atoms with E-state index in [0.29, 0.717) is 17.7 Å². The number of aryl methyl sites for hydroxylation is 2. The summed E-state index contributed by atoms with van der Waals surface area (Å²) in [5.41, 5.74) is 3.65. The normalized spacial score (nSPS) is 17.6. The van der Waals surface area contributed by atoms with Crippen LogP contribution in [-0.2, 0) is 0 Å². The Hall–Kier alpha value is -2.16. The van der Waals surface area contributed by atoms with Crippen molar-refractivity contribution in [1.82, 2.24) is 0 Å². The highest BCUT2D eigenvalue weighted by Gasteiger charge is 2.28. The summed E-state index contributed by atoms with van der Waals surface area (Å²) in [7, 11) is 0. The molecular weight excluding hydrogens is 255 g/mol. The first-order chi connectivity index (χ1) is 9.54. The van der Waals surface area contributed by atoms with E-state index in [4.69, 9.17) is 4.74 Å². The van der Waals surface area contributed by atoms with E-state index >= 15 is 0 Å². The van der Waals surface area contributed by atoms with Crippen LogP contribution in [0.3, 0.4) is 0 Å². The highest BCUT2D eigenvalue weighted by Crippen LogP contribution is 2.36. The van der Waals surface area contributed by atoms with Crippen LogP contribution >= 0.6 is 0 Å². The van der Waals surface area contributed by atoms with Crippen molar-refractivity contribution in [3.05, 3.63) is 64.5 Å². The zero-order valence-electron chi connectivity index (χ0n) is 11.4. The monoisotopic (exact) mass is 270 g/mol. The third kappa shape index (κ3) is 2.20. The maximum atomic E-state index is 13.3. The molecule has 0 radical (unpaired) electrons. The molecule has 0 fully saturated rings. The molecule has 0 bridgehead atoms. The lowest BCUT2D eigenvalue weighted by Gasteiger charge is -2.26. The minimum Gasteiger partial charge on any atom is -0.484 e. The van der Waals surface area contributed by atoms with Crippen molar-refractivity contribution in [1.29, 1.82) is 0 Å². The zero-order chi connectivity index (χ0) is 14.3. The molecule has 3 rings (SSSR count). The van der Waals surface area contributed by atoms with Gasteiger partial charge in [-0.2, -0.15) is 0 Å². The molecule has 3 heteroatoms. The minimum atomic E-state index is -0.391. The van der Waals surface area contributed by atoms with Crippen molar-refractivity contribution in [2.24, 2.45) is 0 Å². The predicted molar refractivity (Wildman–Crippen MR) is 74.6 cm³/mol. The van der Waals surface area contributed by atoms with E-state index in [9.17, 15) is 9.18 Å². The molecule has 0 aliphatic carbocycles. The molecule has 0 N–H and O–H groups in total. The fourth-order valence-corrected chi connectivity index (χ4v) is 2.58. The lowest BCUT2D eigenvalue weighted by Crippen LogP contribution is -2.21. The van der Waals surface area contributed by atoms with E-state index in [1.54, 1.807) is 0 Å². The van der Waals surface area contributed by atoms with Gasteiger partial charge in [0, 0.05) is 6.07 Å². The second-order valence-electron chi connectivity index (χ2n) is 5.23. The first-order valence-electron chi connectivity index (χ1n) is 6.61. The first kappa shape index (κ1) is 12.9. The smallest absolute Gasteiger partial charge is 0.170 e. The highest BCUT2D eigenvalue weighted by molar-refractivity contribution is 6.00. The van der Waals surface area contributed by atoms with Gasteiger partial charge < -0.3 is 4.74 Å². The van der Waals surface area contributed by atoms with Crippen LogP contribution in [0.1, 0.15) is 39.6 Å². The van der Waals surface area contributed by atoms with Gasteiger partial charge >= 0.3 is 0 Å². The van der Waals surface area contributed by atoms with E-state index in [-0.39, 0.29) is 11.9 Å². The van der Waals surface area contributed by atoms with Crippen LogP contribution in [0.4, 0.5) is 4.39 Å². The molecule has 2 aromatic rings. The predicted octanol–water partition coefficient (Wildman–Crippen LogP) is 4.15. The molecule has 1 atom stereocenters. The van der Waals surface area contributed by atoms with Crippen molar-refractivity contribution in [3.8, 4) is 5.75 Å². The van der Waals surface area contributed by atoms with Gasteiger partial charge in [-0.25, -0.2) is 4.39 Å². The number of hydrogen-bond donors (Lipinski definition) is 0. The fourth-order valence-electron chi connectivity index (χ4n) is 2.58. The SMILES string of the molecule is Cc1ccc(C)c(C2CC(=O)c3ccc(F)cc3O2)c1. The zero-order valence-corrected chi connectivity index (χ0v) is 11.4. The van der Waals surface area contributed by atoms with Crippen molar-refractivity contribution in [2.75, 3.05) is 0 Å². The fraction of sp³-hybridized carbons (Fsp3) is 0.235. The number of ketones is 1. The maximum Gasteiger partial charge on any atom is 0.170 e. The Labute approximate surface area is 117 Å². The molecule has 2 nitrogen and oxygen atoms in total. The molecule has 0 aromatic heterocycles. The molecular formula is C17H15FO2. The molecule has 1 heterocycles. The van der Waals surface area contributed by atoms with Crippen LogP contribution in [-0.4, -0.2) is 5.78 Å². The Bertz CT molecular complexity index is 691. The molecule has 102 valence electrons. The van der Waals surface area contributed by atoms with Crippen molar-refractivity contribution in [3.63, 3.8) is 0 Å². The minimum absolute atomic E-state index is 0.00263. The number of carbonyl (C=O) groups excluding carboxylic acids is 1. The number of halogens is 1. The summed E-state index contributed by atoms with van der Waals surface area (Å²) in [5, 5.41) is 0. The Balaban J connectivity index is 2.02. The summed E-state index contributed by atoms with van der Waals surface area (Å²) in [6.07, 6.45) is -0.0418. The number of Topliss-reactive ketones (excluding diaryl/α,β-unsaturated/α-hetero) is 1. The van der Waals surface area contributed by atoms with Gasteiger partial charge in [0.05, 0.1) is 12.0 Å². The Kier molecular flexibility index (Phi) is 3.05. The molecule has 2 aromatic carbocycles.